The average molecular weight is 358 g/mol. The van der Waals surface area contributed by atoms with Crippen molar-refractivity contribution in [3.05, 3.63) is 0 Å². The first kappa shape index (κ1) is 24.2. The molecular formula is C15H33Cl2N3O2. The molecule has 0 saturated carbocycles. The van der Waals surface area contributed by atoms with E-state index in [-0.39, 0.29) is 36.8 Å². The number of ether oxygens (including phenoxy) is 1. The van der Waals surface area contributed by atoms with Crippen LogP contribution in [0.4, 0.5) is 0 Å². The van der Waals surface area contributed by atoms with Crippen molar-refractivity contribution >= 4 is 30.7 Å². The van der Waals surface area contributed by atoms with E-state index in [9.17, 15) is 4.79 Å². The van der Waals surface area contributed by atoms with Gasteiger partial charge in [-0.05, 0) is 39.7 Å². The third kappa shape index (κ3) is 9.85. The number of amides is 1. The van der Waals surface area contributed by atoms with Crippen molar-refractivity contribution in [3.63, 3.8) is 0 Å². The number of carbonyl (C=O) groups excluding carboxylic acids is 1. The van der Waals surface area contributed by atoms with Crippen LogP contribution in [0.5, 0.6) is 0 Å². The van der Waals surface area contributed by atoms with Gasteiger partial charge in [0.25, 0.3) is 0 Å². The van der Waals surface area contributed by atoms with Crippen molar-refractivity contribution < 1.29 is 9.53 Å². The fourth-order valence-electron chi connectivity index (χ4n) is 2.71. The van der Waals surface area contributed by atoms with Gasteiger partial charge in [0.05, 0.1) is 18.2 Å². The second-order valence-corrected chi connectivity index (χ2v) is 5.91. The van der Waals surface area contributed by atoms with Crippen LogP contribution in [0.25, 0.3) is 0 Å². The molecule has 1 fully saturated rings. The van der Waals surface area contributed by atoms with Gasteiger partial charge in [-0.3, -0.25) is 9.69 Å². The molecule has 0 aromatic carbocycles. The molecule has 22 heavy (non-hydrogen) atoms. The summed E-state index contributed by atoms with van der Waals surface area (Å²) in [5.41, 5.74) is 5.76. The van der Waals surface area contributed by atoms with E-state index >= 15 is 0 Å². The number of nitrogens with zero attached hydrogens (tertiary/aromatic N) is 1. The van der Waals surface area contributed by atoms with Gasteiger partial charge in [-0.25, -0.2) is 0 Å². The van der Waals surface area contributed by atoms with Crippen molar-refractivity contribution in [2.75, 3.05) is 26.2 Å². The molecule has 0 aromatic heterocycles. The Balaban J connectivity index is 0. The van der Waals surface area contributed by atoms with E-state index in [1.807, 2.05) is 6.92 Å². The van der Waals surface area contributed by atoms with Crippen LogP contribution < -0.4 is 11.1 Å². The van der Waals surface area contributed by atoms with E-state index in [2.05, 4.69) is 24.1 Å². The van der Waals surface area contributed by atoms with Crippen LogP contribution in [0.1, 0.15) is 46.5 Å². The molecule has 7 heteroatoms. The minimum absolute atomic E-state index is 0. The monoisotopic (exact) mass is 357 g/mol. The SMILES string of the molecule is CCCC(N)C(=O)NCCCCN1CC(C)OC(C)C1.Cl.Cl. The quantitative estimate of drug-likeness (QED) is 0.651. The van der Waals surface area contributed by atoms with Crippen LogP contribution in [-0.4, -0.2) is 55.2 Å². The first-order valence-electron chi connectivity index (χ1n) is 7.94. The van der Waals surface area contributed by atoms with Crippen molar-refractivity contribution in [1.82, 2.24) is 10.2 Å². The Hall–Kier alpha value is -0.0700. The average Bonchev–Trinajstić information content (AvgIpc) is 2.37. The highest BCUT2D eigenvalue weighted by Gasteiger charge is 2.21. The largest absolute Gasteiger partial charge is 0.373 e. The zero-order chi connectivity index (χ0) is 15.0. The Morgan fingerprint density at radius 3 is 2.41 bits per heavy atom. The second kappa shape index (κ2) is 13.4. The molecule has 0 aliphatic carbocycles. The van der Waals surface area contributed by atoms with Gasteiger partial charge in [-0.1, -0.05) is 13.3 Å². The van der Waals surface area contributed by atoms with Crippen molar-refractivity contribution in [2.24, 2.45) is 5.73 Å². The highest BCUT2D eigenvalue weighted by molar-refractivity contribution is 5.85. The molecule has 1 aliphatic heterocycles. The molecule has 5 nitrogen and oxygen atoms in total. The summed E-state index contributed by atoms with van der Waals surface area (Å²) in [7, 11) is 0. The summed E-state index contributed by atoms with van der Waals surface area (Å²) >= 11 is 0. The molecule has 3 unspecified atom stereocenters. The number of morpholine rings is 1. The molecule has 1 aliphatic rings. The molecule has 0 bridgehead atoms. The molecule has 1 saturated heterocycles. The minimum Gasteiger partial charge on any atom is -0.373 e. The maximum atomic E-state index is 11.6. The third-order valence-electron chi connectivity index (χ3n) is 3.63. The van der Waals surface area contributed by atoms with Crippen LogP contribution in [0.15, 0.2) is 0 Å². The highest BCUT2D eigenvalue weighted by Crippen LogP contribution is 2.11. The first-order chi connectivity index (χ1) is 9.52. The van der Waals surface area contributed by atoms with Crippen molar-refractivity contribution in [2.45, 2.75) is 64.7 Å². The van der Waals surface area contributed by atoms with E-state index in [0.29, 0.717) is 12.2 Å². The van der Waals surface area contributed by atoms with E-state index in [0.717, 1.165) is 51.9 Å². The third-order valence-corrected chi connectivity index (χ3v) is 3.63. The Bertz CT molecular complexity index is 286. The van der Waals surface area contributed by atoms with Gasteiger partial charge in [-0.2, -0.15) is 0 Å². The number of hydrogen-bond acceptors (Lipinski definition) is 4. The molecule has 3 atom stereocenters. The van der Waals surface area contributed by atoms with Gasteiger partial charge in [0.2, 0.25) is 5.91 Å². The van der Waals surface area contributed by atoms with Crippen molar-refractivity contribution in [3.8, 4) is 0 Å². The van der Waals surface area contributed by atoms with Crippen LogP contribution in [-0.2, 0) is 9.53 Å². The number of nitrogens with two attached hydrogens (primary N) is 1. The summed E-state index contributed by atoms with van der Waals surface area (Å²) in [6.45, 7) is 10.1. The van der Waals surface area contributed by atoms with Gasteiger partial charge in [0, 0.05) is 19.6 Å². The summed E-state index contributed by atoms with van der Waals surface area (Å²) in [6, 6.07) is -0.346. The molecule has 0 spiro atoms. The number of hydrogen-bond donors (Lipinski definition) is 2. The number of rotatable bonds is 8. The first-order valence-corrected chi connectivity index (χ1v) is 7.94. The minimum atomic E-state index is -0.346. The number of halogens is 2. The molecular weight excluding hydrogens is 325 g/mol. The van der Waals surface area contributed by atoms with E-state index < -0.39 is 0 Å². The topological polar surface area (TPSA) is 67.6 Å². The van der Waals surface area contributed by atoms with Crippen LogP contribution in [0, 0.1) is 0 Å². The Morgan fingerprint density at radius 1 is 1.27 bits per heavy atom. The molecule has 1 amide bonds. The summed E-state index contributed by atoms with van der Waals surface area (Å²) in [5, 5.41) is 2.92. The lowest BCUT2D eigenvalue weighted by Gasteiger charge is -2.35. The second-order valence-electron chi connectivity index (χ2n) is 5.91. The van der Waals surface area contributed by atoms with E-state index in [1.54, 1.807) is 0 Å². The highest BCUT2D eigenvalue weighted by atomic mass is 35.5. The van der Waals surface area contributed by atoms with Gasteiger partial charge < -0.3 is 15.8 Å². The smallest absolute Gasteiger partial charge is 0.236 e. The van der Waals surface area contributed by atoms with E-state index in [4.69, 9.17) is 10.5 Å². The van der Waals surface area contributed by atoms with Gasteiger partial charge >= 0.3 is 0 Å². The number of nitrogens with one attached hydrogen (secondary N) is 1. The lowest BCUT2D eigenvalue weighted by Crippen LogP contribution is -2.45. The van der Waals surface area contributed by atoms with Crippen LogP contribution in [0.2, 0.25) is 0 Å². The lowest BCUT2D eigenvalue weighted by molar-refractivity contribution is -0.122. The van der Waals surface area contributed by atoms with Crippen molar-refractivity contribution in [1.29, 1.82) is 0 Å². The predicted octanol–water partition coefficient (Wildman–Crippen LogP) is 1.96. The molecule has 3 N–H and O–H groups in total. The number of carbonyl (C=O) groups is 1. The van der Waals surface area contributed by atoms with E-state index in [1.165, 1.54) is 0 Å². The fourth-order valence-corrected chi connectivity index (χ4v) is 2.71. The maximum absolute atomic E-state index is 11.6. The molecule has 1 rings (SSSR count). The van der Waals surface area contributed by atoms with Gasteiger partial charge in [-0.15, -0.1) is 24.8 Å². The summed E-state index contributed by atoms with van der Waals surface area (Å²) in [5.74, 6) is -0.0135. The Labute approximate surface area is 147 Å². The molecule has 134 valence electrons. The normalized spacial score (nSPS) is 23.1. The molecule has 0 radical (unpaired) electrons. The van der Waals surface area contributed by atoms with Crippen LogP contribution in [0.3, 0.4) is 0 Å². The summed E-state index contributed by atoms with van der Waals surface area (Å²) in [4.78, 5) is 14.1. The Kier molecular flexibility index (Phi) is 14.7. The lowest BCUT2D eigenvalue weighted by atomic mass is 10.1. The summed E-state index contributed by atoms with van der Waals surface area (Å²) in [6.07, 6.45) is 4.46. The number of unbranched alkanes of at least 4 members (excludes halogenated alkanes) is 1. The maximum Gasteiger partial charge on any atom is 0.236 e. The Morgan fingerprint density at radius 2 is 1.86 bits per heavy atom. The molecule has 0 aromatic rings. The molecule has 1 heterocycles. The van der Waals surface area contributed by atoms with Crippen LogP contribution >= 0.6 is 24.8 Å². The standard InChI is InChI=1S/C15H31N3O2.2ClH/c1-4-7-14(16)15(19)17-8-5-6-9-18-10-12(2)20-13(3)11-18;;/h12-14H,4-11,16H2,1-3H3,(H,17,19);2*1H. The zero-order valence-electron chi connectivity index (χ0n) is 14.0. The fraction of sp³-hybridized carbons (Fsp3) is 0.933. The predicted molar refractivity (Wildman–Crippen MR) is 96.1 cm³/mol. The zero-order valence-corrected chi connectivity index (χ0v) is 15.7. The summed E-state index contributed by atoms with van der Waals surface area (Å²) < 4.78 is 5.71. The van der Waals surface area contributed by atoms with Gasteiger partial charge in [0.15, 0.2) is 0 Å². The van der Waals surface area contributed by atoms with Gasteiger partial charge in [0.1, 0.15) is 0 Å².